The Morgan fingerprint density at radius 2 is 2.24 bits per heavy atom. The van der Waals surface area contributed by atoms with Crippen LogP contribution in [0.5, 0.6) is 0 Å². The monoisotopic (exact) mass is 237 g/mol. The number of methoxy groups -OCH3 is 1. The van der Waals surface area contributed by atoms with Crippen LogP contribution in [0.2, 0.25) is 0 Å². The minimum Gasteiger partial charge on any atom is -0.397 e. The summed E-state index contributed by atoms with van der Waals surface area (Å²) in [6.07, 6.45) is 1.79. The molecule has 0 fully saturated rings. The first kappa shape index (κ1) is 13.9. The number of anilines is 1. The summed E-state index contributed by atoms with van der Waals surface area (Å²) in [4.78, 5) is 6.65. The molecule has 0 saturated carbocycles. The van der Waals surface area contributed by atoms with E-state index in [4.69, 9.17) is 10.5 Å². The van der Waals surface area contributed by atoms with E-state index in [1.165, 1.54) is 0 Å². The molecule has 1 aromatic rings. The second-order valence-corrected chi connectivity index (χ2v) is 4.66. The summed E-state index contributed by atoms with van der Waals surface area (Å²) in [6, 6.07) is 3.76. The van der Waals surface area contributed by atoms with Crippen LogP contribution >= 0.6 is 0 Å². The number of pyridine rings is 1. The molecule has 0 aliphatic rings. The van der Waals surface area contributed by atoms with Gasteiger partial charge in [-0.2, -0.15) is 0 Å². The average Bonchev–Trinajstić information content (AvgIpc) is 2.28. The second-order valence-electron chi connectivity index (χ2n) is 4.66. The normalized spacial score (nSPS) is 11.4. The zero-order valence-electron chi connectivity index (χ0n) is 11.0. The lowest BCUT2D eigenvalue weighted by Gasteiger charge is -2.24. The summed E-state index contributed by atoms with van der Waals surface area (Å²) in [5, 5.41) is 0. The van der Waals surface area contributed by atoms with Gasteiger partial charge in [0.25, 0.3) is 0 Å². The van der Waals surface area contributed by atoms with Gasteiger partial charge in [-0.1, -0.05) is 13.8 Å². The summed E-state index contributed by atoms with van der Waals surface area (Å²) < 4.78 is 5.13. The highest BCUT2D eigenvalue weighted by atomic mass is 16.5. The van der Waals surface area contributed by atoms with Crippen molar-refractivity contribution in [2.24, 2.45) is 5.92 Å². The van der Waals surface area contributed by atoms with Gasteiger partial charge in [0.15, 0.2) is 0 Å². The maximum Gasteiger partial charge on any atom is 0.0772 e. The predicted octanol–water partition coefficient (Wildman–Crippen LogP) is 1.77. The Morgan fingerprint density at radius 1 is 1.47 bits per heavy atom. The Bertz CT molecular complexity index is 328. The van der Waals surface area contributed by atoms with Crippen molar-refractivity contribution in [3.8, 4) is 0 Å². The van der Waals surface area contributed by atoms with Gasteiger partial charge < -0.3 is 10.5 Å². The van der Waals surface area contributed by atoms with Crippen molar-refractivity contribution in [3.05, 3.63) is 24.0 Å². The smallest absolute Gasteiger partial charge is 0.0772 e. The van der Waals surface area contributed by atoms with Crippen molar-refractivity contribution in [2.75, 3.05) is 32.5 Å². The molecule has 4 nitrogen and oxygen atoms in total. The van der Waals surface area contributed by atoms with E-state index in [9.17, 15) is 0 Å². The Balaban J connectivity index is 2.61. The van der Waals surface area contributed by atoms with Gasteiger partial charge in [-0.15, -0.1) is 0 Å². The SMILES string of the molecule is COCCN(Cc1ncccc1N)CC(C)C. The standard InChI is InChI=1S/C13H23N3O/c1-11(2)9-16(7-8-17-3)10-13-12(14)5-4-6-15-13/h4-6,11H,7-10,14H2,1-3H3. The molecule has 0 radical (unpaired) electrons. The van der Waals surface area contributed by atoms with Crippen molar-refractivity contribution in [2.45, 2.75) is 20.4 Å². The summed E-state index contributed by atoms with van der Waals surface area (Å²) in [6.45, 7) is 7.88. The molecular weight excluding hydrogens is 214 g/mol. The Labute approximate surface area is 104 Å². The first-order valence-electron chi connectivity index (χ1n) is 6.04. The van der Waals surface area contributed by atoms with E-state index in [2.05, 4.69) is 23.7 Å². The molecule has 96 valence electrons. The van der Waals surface area contributed by atoms with E-state index in [-0.39, 0.29) is 0 Å². The van der Waals surface area contributed by atoms with E-state index in [0.717, 1.165) is 37.6 Å². The van der Waals surface area contributed by atoms with Gasteiger partial charge >= 0.3 is 0 Å². The zero-order chi connectivity index (χ0) is 12.7. The molecule has 1 aromatic heterocycles. The Hall–Kier alpha value is -1.13. The molecule has 0 aliphatic carbocycles. The minimum absolute atomic E-state index is 0.622. The fourth-order valence-electron chi connectivity index (χ4n) is 1.77. The lowest BCUT2D eigenvalue weighted by molar-refractivity contribution is 0.135. The molecule has 0 bridgehead atoms. The van der Waals surface area contributed by atoms with Gasteiger partial charge in [-0.3, -0.25) is 9.88 Å². The summed E-state index contributed by atoms with van der Waals surface area (Å²) in [7, 11) is 1.72. The highest BCUT2D eigenvalue weighted by Gasteiger charge is 2.10. The van der Waals surface area contributed by atoms with Crippen molar-refractivity contribution < 1.29 is 4.74 Å². The maximum atomic E-state index is 5.91. The molecule has 4 heteroatoms. The number of ether oxygens (including phenoxy) is 1. The molecule has 0 saturated heterocycles. The van der Waals surface area contributed by atoms with Gasteiger partial charge in [-0.25, -0.2) is 0 Å². The molecule has 0 aromatic carbocycles. The summed E-state index contributed by atoms with van der Waals surface area (Å²) in [5.74, 6) is 0.622. The summed E-state index contributed by atoms with van der Waals surface area (Å²) in [5.41, 5.74) is 7.62. The molecule has 0 amide bonds. The minimum atomic E-state index is 0.622. The quantitative estimate of drug-likeness (QED) is 0.785. The topological polar surface area (TPSA) is 51.4 Å². The lowest BCUT2D eigenvalue weighted by atomic mass is 10.2. The third-order valence-electron chi connectivity index (χ3n) is 2.53. The molecule has 1 rings (SSSR count). The van der Waals surface area contributed by atoms with E-state index in [1.54, 1.807) is 13.3 Å². The van der Waals surface area contributed by atoms with Crippen LogP contribution in [-0.2, 0) is 11.3 Å². The molecular formula is C13H23N3O. The van der Waals surface area contributed by atoms with Crippen molar-refractivity contribution >= 4 is 5.69 Å². The van der Waals surface area contributed by atoms with Gasteiger partial charge in [-0.05, 0) is 18.1 Å². The van der Waals surface area contributed by atoms with Crippen LogP contribution in [0.15, 0.2) is 18.3 Å². The molecule has 0 aliphatic heterocycles. The fourth-order valence-corrected chi connectivity index (χ4v) is 1.77. The molecule has 0 atom stereocenters. The average molecular weight is 237 g/mol. The number of hydrogen-bond acceptors (Lipinski definition) is 4. The summed E-state index contributed by atoms with van der Waals surface area (Å²) >= 11 is 0. The van der Waals surface area contributed by atoms with Crippen molar-refractivity contribution in [1.82, 2.24) is 9.88 Å². The number of nitrogens with two attached hydrogens (primary N) is 1. The highest BCUT2D eigenvalue weighted by molar-refractivity contribution is 5.41. The lowest BCUT2D eigenvalue weighted by Crippen LogP contribution is -2.31. The van der Waals surface area contributed by atoms with Crippen LogP contribution < -0.4 is 5.73 Å². The van der Waals surface area contributed by atoms with Crippen LogP contribution in [0.4, 0.5) is 5.69 Å². The number of aromatic nitrogens is 1. The third-order valence-corrected chi connectivity index (χ3v) is 2.53. The van der Waals surface area contributed by atoms with Gasteiger partial charge in [0.1, 0.15) is 0 Å². The van der Waals surface area contributed by atoms with Crippen LogP contribution in [0.3, 0.4) is 0 Å². The van der Waals surface area contributed by atoms with Crippen LogP contribution in [-0.4, -0.2) is 36.7 Å². The number of rotatable bonds is 7. The van der Waals surface area contributed by atoms with Crippen molar-refractivity contribution in [3.63, 3.8) is 0 Å². The van der Waals surface area contributed by atoms with Crippen LogP contribution in [0.25, 0.3) is 0 Å². The highest BCUT2D eigenvalue weighted by Crippen LogP contribution is 2.11. The van der Waals surface area contributed by atoms with Crippen molar-refractivity contribution in [1.29, 1.82) is 0 Å². The van der Waals surface area contributed by atoms with E-state index in [1.807, 2.05) is 12.1 Å². The maximum absolute atomic E-state index is 5.91. The molecule has 0 spiro atoms. The first-order chi connectivity index (χ1) is 8.13. The van der Waals surface area contributed by atoms with E-state index < -0.39 is 0 Å². The predicted molar refractivity (Wildman–Crippen MR) is 70.6 cm³/mol. The van der Waals surface area contributed by atoms with E-state index in [0.29, 0.717) is 5.92 Å². The Kier molecular flexibility index (Phi) is 5.94. The number of nitrogen functional groups attached to an aromatic ring is 1. The van der Waals surface area contributed by atoms with Gasteiger partial charge in [0.2, 0.25) is 0 Å². The fraction of sp³-hybridized carbons (Fsp3) is 0.615. The first-order valence-corrected chi connectivity index (χ1v) is 6.04. The third kappa shape index (κ3) is 5.15. The number of nitrogens with zero attached hydrogens (tertiary/aromatic N) is 2. The van der Waals surface area contributed by atoms with Crippen LogP contribution in [0, 0.1) is 5.92 Å². The zero-order valence-corrected chi connectivity index (χ0v) is 11.0. The Morgan fingerprint density at radius 3 is 2.82 bits per heavy atom. The second kappa shape index (κ2) is 7.25. The molecule has 0 unspecified atom stereocenters. The van der Waals surface area contributed by atoms with E-state index >= 15 is 0 Å². The van der Waals surface area contributed by atoms with Gasteiger partial charge in [0.05, 0.1) is 18.0 Å². The number of hydrogen-bond donors (Lipinski definition) is 1. The largest absolute Gasteiger partial charge is 0.397 e. The van der Waals surface area contributed by atoms with Crippen LogP contribution in [0.1, 0.15) is 19.5 Å². The molecule has 17 heavy (non-hydrogen) atoms. The molecule has 1 heterocycles. The van der Waals surface area contributed by atoms with Gasteiger partial charge in [0, 0.05) is 32.9 Å². The molecule has 2 N–H and O–H groups in total.